The van der Waals surface area contributed by atoms with E-state index in [2.05, 4.69) is 0 Å². The lowest BCUT2D eigenvalue weighted by Crippen LogP contribution is -2.34. The van der Waals surface area contributed by atoms with Crippen molar-refractivity contribution in [2.45, 2.75) is 41.4 Å². The van der Waals surface area contributed by atoms with Crippen molar-refractivity contribution in [1.29, 1.82) is 0 Å². The minimum absolute atomic E-state index is 0.193. The van der Waals surface area contributed by atoms with Gasteiger partial charge in [0.05, 0.1) is 5.56 Å². The monoisotopic (exact) mass is 467 g/mol. The molecule has 1 heterocycles. The van der Waals surface area contributed by atoms with Gasteiger partial charge < -0.3 is 9.67 Å². The van der Waals surface area contributed by atoms with E-state index in [1.807, 2.05) is 0 Å². The number of hydrogen-bond donors (Lipinski definition) is 1. The van der Waals surface area contributed by atoms with Crippen molar-refractivity contribution < 1.29 is 53.0 Å². The van der Waals surface area contributed by atoms with E-state index in [9.17, 15) is 53.0 Å². The zero-order valence-electron chi connectivity index (χ0n) is 14.3. The molecule has 1 aliphatic carbocycles. The van der Waals surface area contributed by atoms with Crippen molar-refractivity contribution in [3.05, 3.63) is 47.0 Å². The maximum Gasteiger partial charge on any atom is 0.501 e. The van der Waals surface area contributed by atoms with Crippen LogP contribution in [0.1, 0.15) is 29.3 Å². The molecule has 30 heavy (non-hydrogen) atoms. The second-order valence-corrected chi connectivity index (χ2v) is 8.41. The van der Waals surface area contributed by atoms with Crippen LogP contribution in [0.3, 0.4) is 0 Å². The molecule has 0 saturated carbocycles. The van der Waals surface area contributed by atoms with Gasteiger partial charge in [0.15, 0.2) is 0 Å². The van der Waals surface area contributed by atoms with Gasteiger partial charge in [-0.1, -0.05) is 0 Å². The van der Waals surface area contributed by atoms with E-state index in [1.165, 1.54) is 0 Å². The summed E-state index contributed by atoms with van der Waals surface area (Å²) in [7, 11) is -6.25. The van der Waals surface area contributed by atoms with Crippen LogP contribution in [0.4, 0.5) is 39.5 Å². The molecule has 1 aromatic heterocycles. The van der Waals surface area contributed by atoms with Crippen LogP contribution < -0.4 is 0 Å². The Bertz CT molecular complexity index is 1100. The first-order valence-corrected chi connectivity index (χ1v) is 9.45. The number of benzene rings is 1. The van der Waals surface area contributed by atoms with E-state index in [4.69, 9.17) is 0 Å². The van der Waals surface area contributed by atoms with E-state index in [1.54, 1.807) is 0 Å². The van der Waals surface area contributed by atoms with Crippen molar-refractivity contribution >= 4 is 9.84 Å². The van der Waals surface area contributed by atoms with Crippen LogP contribution in [0.25, 0.3) is 5.69 Å². The molecule has 1 N–H and O–H groups in total. The van der Waals surface area contributed by atoms with Crippen LogP contribution >= 0.6 is 0 Å². The Kier molecular flexibility index (Phi) is 4.97. The molecule has 0 amide bonds. The molecule has 0 bridgehead atoms. The summed E-state index contributed by atoms with van der Waals surface area (Å²) in [4.78, 5) is -1.71. The summed E-state index contributed by atoms with van der Waals surface area (Å²) in [6.07, 6.45) is -9.81. The van der Waals surface area contributed by atoms with Crippen LogP contribution in [0, 0.1) is 5.82 Å². The number of nitrogens with zero attached hydrogens (tertiary/aromatic N) is 1. The number of hydrogen-bond acceptors (Lipinski definition) is 3. The number of aliphatic hydroxyl groups excluding tert-OH is 1. The number of rotatable bonds is 2. The zero-order valence-corrected chi connectivity index (χ0v) is 15.1. The molecular weight excluding hydrogens is 457 g/mol. The molecule has 4 nitrogen and oxygen atoms in total. The van der Waals surface area contributed by atoms with Crippen molar-refractivity contribution in [1.82, 2.24) is 4.57 Å². The molecule has 1 aromatic carbocycles. The number of halogens is 9. The molecule has 14 heteroatoms. The van der Waals surface area contributed by atoms with Crippen LogP contribution in [-0.2, 0) is 22.4 Å². The predicted molar refractivity (Wildman–Crippen MR) is 82.2 cm³/mol. The molecular formula is C16H10F9NO3S. The van der Waals surface area contributed by atoms with Gasteiger partial charge in [-0.3, -0.25) is 0 Å². The number of fused-ring (bicyclic) bond motifs is 1. The van der Waals surface area contributed by atoms with Gasteiger partial charge in [0.2, 0.25) is 0 Å². The van der Waals surface area contributed by atoms with Gasteiger partial charge in [0, 0.05) is 29.6 Å². The minimum atomic E-state index is -6.25. The standard InChI is InChI=1S/C16H10F9NO3S/c17-9-2-1-7(5-8(9)15(20,21)22)26-6-11(30(28,29)16(23,24)25)12-10(26)3-4-14(18,19)13(12)27/h1-2,5-6,13,27H,3-4H2/t13-/m0/s1. The summed E-state index contributed by atoms with van der Waals surface area (Å²) in [6, 6.07) is 1.24. The van der Waals surface area contributed by atoms with Crippen molar-refractivity contribution in [2.24, 2.45) is 0 Å². The van der Waals surface area contributed by atoms with Gasteiger partial charge in [-0.25, -0.2) is 21.6 Å². The van der Waals surface area contributed by atoms with E-state index in [0.29, 0.717) is 16.7 Å². The fourth-order valence-electron chi connectivity index (χ4n) is 3.17. The minimum Gasteiger partial charge on any atom is -0.382 e. The van der Waals surface area contributed by atoms with Gasteiger partial charge in [0.25, 0.3) is 15.8 Å². The molecule has 0 spiro atoms. The second kappa shape index (κ2) is 6.64. The van der Waals surface area contributed by atoms with Crippen molar-refractivity contribution in [3.63, 3.8) is 0 Å². The lowest BCUT2D eigenvalue weighted by atomic mass is 9.91. The lowest BCUT2D eigenvalue weighted by Gasteiger charge is -2.29. The summed E-state index contributed by atoms with van der Waals surface area (Å²) >= 11 is 0. The number of alkyl halides is 8. The average Bonchev–Trinajstić information content (AvgIpc) is 2.97. The first-order chi connectivity index (χ1) is 13.5. The van der Waals surface area contributed by atoms with E-state index < -0.39 is 79.6 Å². The smallest absolute Gasteiger partial charge is 0.382 e. The van der Waals surface area contributed by atoms with Gasteiger partial charge in [0.1, 0.15) is 16.8 Å². The highest BCUT2D eigenvalue weighted by molar-refractivity contribution is 7.92. The molecule has 0 unspecified atom stereocenters. The van der Waals surface area contributed by atoms with E-state index in [0.717, 1.165) is 0 Å². The molecule has 0 radical (unpaired) electrons. The van der Waals surface area contributed by atoms with Crippen LogP contribution in [-0.4, -0.2) is 29.5 Å². The fourth-order valence-corrected chi connectivity index (χ4v) is 4.18. The van der Waals surface area contributed by atoms with Crippen LogP contribution in [0.5, 0.6) is 0 Å². The quantitative estimate of drug-likeness (QED) is 0.660. The fraction of sp³-hybridized carbons (Fsp3) is 0.375. The molecule has 0 aliphatic heterocycles. The second-order valence-electron chi connectivity index (χ2n) is 6.50. The molecule has 166 valence electrons. The average molecular weight is 467 g/mol. The largest absolute Gasteiger partial charge is 0.501 e. The predicted octanol–water partition coefficient (Wildman–Crippen LogP) is 4.54. The van der Waals surface area contributed by atoms with Gasteiger partial charge in [-0.15, -0.1) is 0 Å². The van der Waals surface area contributed by atoms with Crippen molar-refractivity contribution in [2.75, 3.05) is 0 Å². The Labute approximate surface area is 162 Å². The maximum absolute atomic E-state index is 13.9. The highest BCUT2D eigenvalue weighted by Crippen LogP contribution is 2.47. The molecule has 3 rings (SSSR count). The number of aromatic nitrogens is 1. The molecule has 1 aliphatic rings. The Balaban J connectivity index is 2.34. The molecule has 0 fully saturated rings. The first-order valence-electron chi connectivity index (χ1n) is 7.97. The summed E-state index contributed by atoms with van der Waals surface area (Å²) in [6.45, 7) is 0. The molecule has 2 aromatic rings. The zero-order chi connectivity index (χ0) is 22.9. The Hall–Kier alpha value is -2.22. The first kappa shape index (κ1) is 22.5. The highest BCUT2D eigenvalue weighted by atomic mass is 32.2. The Morgan fingerprint density at radius 1 is 1.10 bits per heavy atom. The Morgan fingerprint density at radius 3 is 2.23 bits per heavy atom. The summed E-state index contributed by atoms with van der Waals surface area (Å²) in [5.41, 5.74) is -10.2. The van der Waals surface area contributed by atoms with Gasteiger partial charge >= 0.3 is 11.7 Å². The normalized spacial score (nSPS) is 19.6. The maximum atomic E-state index is 13.9. The van der Waals surface area contributed by atoms with Gasteiger partial charge in [-0.05, 0) is 24.6 Å². The number of aliphatic hydroxyl groups is 1. The number of sulfone groups is 1. The third-order valence-corrected chi connectivity index (χ3v) is 6.12. The Morgan fingerprint density at radius 2 is 1.70 bits per heavy atom. The summed E-state index contributed by atoms with van der Waals surface area (Å²) in [5, 5.41) is 9.85. The summed E-state index contributed by atoms with van der Waals surface area (Å²) < 4.78 is 144. The topological polar surface area (TPSA) is 59.3 Å². The SMILES string of the molecule is O=S(=O)(c1cn(-c2ccc(F)c(C(F)(F)F)c2)c2c1[C@H](O)C(F)(F)CC2)C(F)(F)F. The van der Waals surface area contributed by atoms with Crippen LogP contribution in [0.2, 0.25) is 0 Å². The summed E-state index contributed by atoms with van der Waals surface area (Å²) in [5.74, 6) is -5.68. The van der Waals surface area contributed by atoms with Gasteiger partial charge in [-0.2, -0.15) is 26.3 Å². The lowest BCUT2D eigenvalue weighted by molar-refractivity contribution is -0.140. The van der Waals surface area contributed by atoms with Crippen molar-refractivity contribution in [3.8, 4) is 5.69 Å². The third kappa shape index (κ3) is 3.45. The van der Waals surface area contributed by atoms with E-state index in [-0.39, 0.29) is 12.3 Å². The third-order valence-electron chi connectivity index (χ3n) is 4.61. The highest BCUT2D eigenvalue weighted by Gasteiger charge is 2.54. The van der Waals surface area contributed by atoms with Crippen LogP contribution in [0.15, 0.2) is 29.3 Å². The van der Waals surface area contributed by atoms with E-state index >= 15 is 0 Å². The molecule has 0 saturated heterocycles. The molecule has 1 atom stereocenters.